The zero-order valence-electron chi connectivity index (χ0n) is 15.6. The Kier molecular flexibility index (Phi) is 3.98. The fourth-order valence-electron chi connectivity index (χ4n) is 7.64. The van der Waals surface area contributed by atoms with Crippen LogP contribution in [0.5, 0.6) is 0 Å². The van der Waals surface area contributed by atoms with Crippen molar-refractivity contribution in [1.29, 1.82) is 0 Å². The Balaban J connectivity index is 1.67. The maximum atomic E-state index is 12.3. The smallest absolute Gasteiger partial charge is 0.161 e. The lowest BCUT2D eigenvalue weighted by molar-refractivity contribution is -0.206. The predicted molar refractivity (Wildman–Crippen MR) is 93.8 cm³/mol. The number of fused-ring (bicyclic) bond motifs is 5. The molecule has 2 N–H and O–H groups in total. The van der Waals surface area contributed by atoms with Crippen molar-refractivity contribution in [3.8, 4) is 0 Å². The molecule has 0 unspecified atom stereocenters. The van der Waals surface area contributed by atoms with Crippen LogP contribution in [0.3, 0.4) is 0 Å². The van der Waals surface area contributed by atoms with E-state index in [4.69, 9.17) is 0 Å². The minimum atomic E-state index is -0.791. The summed E-state index contributed by atoms with van der Waals surface area (Å²) in [6.45, 7) is 4.04. The molecule has 7 atom stereocenters. The van der Waals surface area contributed by atoms with Crippen molar-refractivity contribution >= 4 is 11.6 Å². The second-order valence-electron chi connectivity index (χ2n) is 9.83. The van der Waals surface area contributed by atoms with Crippen molar-refractivity contribution in [2.75, 3.05) is 6.61 Å². The first-order chi connectivity index (χ1) is 11.8. The van der Waals surface area contributed by atoms with Gasteiger partial charge in [-0.25, -0.2) is 0 Å². The summed E-state index contributed by atoms with van der Waals surface area (Å²) in [6.07, 6.45) is 7.67. The zero-order valence-corrected chi connectivity index (χ0v) is 15.6. The number of aliphatic hydroxyl groups is 2. The largest absolute Gasteiger partial charge is 0.389 e. The molecule has 0 aromatic heterocycles. The molecular weight excluding hydrogens is 316 g/mol. The molecule has 0 bridgehead atoms. The van der Waals surface area contributed by atoms with Gasteiger partial charge in [-0.1, -0.05) is 13.8 Å². The van der Waals surface area contributed by atoms with Crippen molar-refractivity contribution in [3.63, 3.8) is 0 Å². The van der Waals surface area contributed by atoms with Crippen molar-refractivity contribution in [1.82, 2.24) is 0 Å². The number of aliphatic hydroxyl groups excluding tert-OH is 1. The van der Waals surface area contributed by atoms with Gasteiger partial charge in [0, 0.05) is 24.2 Å². The zero-order chi connectivity index (χ0) is 18.0. The maximum Gasteiger partial charge on any atom is 0.161 e. The number of ketones is 2. The normalized spacial score (nSPS) is 52.2. The molecule has 4 aliphatic carbocycles. The lowest BCUT2D eigenvalue weighted by Gasteiger charge is -2.63. The molecule has 4 rings (SSSR count). The standard InChI is InChI=1S/C21H32O4/c1-19-8-5-14(23)11-13(19)3-4-16-15(19)6-9-20(2)17(18(24)12-22)7-10-21(16,20)25/h13,15-17,22,25H,3-12H2,1-2H3/t13-,15+,16-,17-,19+,20-,21+/m1/s1. The molecule has 0 heterocycles. The number of rotatable bonds is 2. The van der Waals surface area contributed by atoms with Crippen LogP contribution in [0.2, 0.25) is 0 Å². The summed E-state index contributed by atoms with van der Waals surface area (Å²) in [5, 5.41) is 21.2. The third-order valence-electron chi connectivity index (χ3n) is 9.21. The Bertz CT molecular complexity index is 601. The fourth-order valence-corrected chi connectivity index (χ4v) is 7.64. The van der Waals surface area contributed by atoms with Crippen molar-refractivity contribution < 1.29 is 19.8 Å². The molecule has 4 nitrogen and oxygen atoms in total. The SMILES string of the molecule is C[C@]12CCC(=O)C[C@H]1CC[C@@H]1[C@@H]2CC[C@]2(C)[C@@H](C(=O)CO)CC[C@]12O. The molecule has 4 fully saturated rings. The van der Waals surface area contributed by atoms with E-state index in [2.05, 4.69) is 13.8 Å². The van der Waals surface area contributed by atoms with Gasteiger partial charge in [-0.05, 0) is 68.1 Å². The van der Waals surface area contributed by atoms with Gasteiger partial charge in [0.15, 0.2) is 5.78 Å². The van der Waals surface area contributed by atoms with Gasteiger partial charge in [0.2, 0.25) is 0 Å². The highest BCUT2D eigenvalue weighted by atomic mass is 16.3. The maximum absolute atomic E-state index is 12.3. The first kappa shape index (κ1) is 17.7. The summed E-state index contributed by atoms with van der Waals surface area (Å²) >= 11 is 0. The highest BCUT2D eigenvalue weighted by molar-refractivity contribution is 5.83. The van der Waals surface area contributed by atoms with E-state index in [0.29, 0.717) is 36.9 Å². The van der Waals surface area contributed by atoms with Crippen molar-refractivity contribution in [2.24, 2.45) is 34.5 Å². The first-order valence-corrected chi connectivity index (χ1v) is 10.1. The Morgan fingerprint density at radius 2 is 1.84 bits per heavy atom. The summed E-state index contributed by atoms with van der Waals surface area (Å²) < 4.78 is 0. The van der Waals surface area contributed by atoms with Crippen LogP contribution < -0.4 is 0 Å². The molecule has 0 spiro atoms. The van der Waals surface area contributed by atoms with Crippen LogP contribution in [0.25, 0.3) is 0 Å². The van der Waals surface area contributed by atoms with Gasteiger partial charge >= 0.3 is 0 Å². The van der Waals surface area contributed by atoms with E-state index in [1.54, 1.807) is 0 Å². The monoisotopic (exact) mass is 348 g/mol. The van der Waals surface area contributed by atoms with Gasteiger partial charge in [-0.3, -0.25) is 9.59 Å². The van der Waals surface area contributed by atoms with E-state index in [1.165, 1.54) is 0 Å². The van der Waals surface area contributed by atoms with E-state index in [0.717, 1.165) is 38.5 Å². The van der Waals surface area contributed by atoms with Crippen LogP contribution in [-0.2, 0) is 9.59 Å². The van der Waals surface area contributed by atoms with Crippen LogP contribution in [0.15, 0.2) is 0 Å². The molecule has 4 saturated carbocycles. The Hall–Kier alpha value is -0.740. The van der Waals surface area contributed by atoms with Gasteiger partial charge < -0.3 is 10.2 Å². The fraction of sp³-hybridized carbons (Fsp3) is 0.905. The number of hydrogen-bond donors (Lipinski definition) is 2. The van der Waals surface area contributed by atoms with E-state index >= 15 is 0 Å². The number of carbonyl (C=O) groups is 2. The third-order valence-corrected chi connectivity index (χ3v) is 9.21. The van der Waals surface area contributed by atoms with E-state index < -0.39 is 17.6 Å². The molecule has 0 radical (unpaired) electrons. The highest BCUT2D eigenvalue weighted by Gasteiger charge is 2.68. The molecule has 25 heavy (non-hydrogen) atoms. The Morgan fingerprint density at radius 1 is 1.08 bits per heavy atom. The van der Waals surface area contributed by atoms with Crippen LogP contribution in [0.4, 0.5) is 0 Å². The summed E-state index contributed by atoms with van der Waals surface area (Å²) in [6, 6.07) is 0. The molecule has 4 aliphatic rings. The molecule has 0 aliphatic heterocycles. The van der Waals surface area contributed by atoms with Crippen LogP contribution in [0.1, 0.15) is 71.6 Å². The highest BCUT2D eigenvalue weighted by Crippen LogP contribution is 2.68. The summed E-state index contributed by atoms with van der Waals surface area (Å²) in [4.78, 5) is 24.3. The van der Waals surface area contributed by atoms with Gasteiger partial charge in [-0.2, -0.15) is 0 Å². The number of hydrogen-bond acceptors (Lipinski definition) is 4. The van der Waals surface area contributed by atoms with Crippen LogP contribution >= 0.6 is 0 Å². The molecule has 0 aromatic rings. The molecule has 0 amide bonds. The van der Waals surface area contributed by atoms with Gasteiger partial charge in [0.05, 0.1) is 5.60 Å². The average molecular weight is 348 g/mol. The second-order valence-corrected chi connectivity index (χ2v) is 9.83. The van der Waals surface area contributed by atoms with E-state index in [1.807, 2.05) is 0 Å². The lowest BCUT2D eigenvalue weighted by atomic mass is 9.43. The topological polar surface area (TPSA) is 74.6 Å². The quantitative estimate of drug-likeness (QED) is 0.805. The van der Waals surface area contributed by atoms with Crippen LogP contribution in [0, 0.1) is 34.5 Å². The minimum absolute atomic E-state index is 0.0972. The third kappa shape index (κ3) is 2.19. The Labute approximate surface area is 150 Å². The summed E-state index contributed by atoms with van der Waals surface area (Å²) in [5.74, 6) is 1.27. The lowest BCUT2D eigenvalue weighted by Crippen LogP contribution is -2.62. The van der Waals surface area contributed by atoms with Crippen LogP contribution in [-0.4, -0.2) is 34.0 Å². The molecule has 0 aromatic carbocycles. The molecule has 0 saturated heterocycles. The number of carbonyl (C=O) groups excluding carboxylic acids is 2. The van der Waals surface area contributed by atoms with Gasteiger partial charge in [-0.15, -0.1) is 0 Å². The predicted octanol–water partition coefficient (Wildman–Crippen LogP) is 2.89. The van der Waals surface area contributed by atoms with Gasteiger partial charge in [0.1, 0.15) is 12.4 Å². The first-order valence-electron chi connectivity index (χ1n) is 10.1. The average Bonchev–Trinajstić information content (AvgIpc) is 2.86. The second kappa shape index (κ2) is 5.63. The number of Topliss-reactive ketones (excluding diaryl/α,β-unsaturated/α-hetero) is 2. The van der Waals surface area contributed by atoms with E-state index in [9.17, 15) is 19.8 Å². The van der Waals surface area contributed by atoms with Crippen molar-refractivity contribution in [2.45, 2.75) is 77.2 Å². The minimum Gasteiger partial charge on any atom is -0.389 e. The summed E-state index contributed by atoms with van der Waals surface area (Å²) in [5.41, 5.74) is -1.03. The molecule has 4 heteroatoms. The molecular formula is C21H32O4. The molecule has 140 valence electrons. The van der Waals surface area contributed by atoms with E-state index in [-0.39, 0.29) is 23.0 Å². The Morgan fingerprint density at radius 3 is 2.56 bits per heavy atom. The van der Waals surface area contributed by atoms with Gasteiger partial charge in [0.25, 0.3) is 0 Å². The van der Waals surface area contributed by atoms with Crippen molar-refractivity contribution in [3.05, 3.63) is 0 Å². The summed E-state index contributed by atoms with van der Waals surface area (Å²) in [7, 11) is 0.